The van der Waals surface area contributed by atoms with Gasteiger partial charge in [0.25, 0.3) is 0 Å². The average Bonchev–Trinajstić information content (AvgIpc) is 3.22. The smallest absolute Gasteiger partial charge is 0.250 e. The van der Waals surface area contributed by atoms with E-state index >= 15 is 0 Å². The molecule has 25 heavy (non-hydrogen) atoms. The van der Waals surface area contributed by atoms with Crippen LogP contribution in [0.15, 0.2) is 29.6 Å². The van der Waals surface area contributed by atoms with Gasteiger partial charge < -0.3 is 10.6 Å². The van der Waals surface area contributed by atoms with Crippen molar-refractivity contribution in [2.45, 2.75) is 26.3 Å². The lowest BCUT2D eigenvalue weighted by Gasteiger charge is -2.30. The highest BCUT2D eigenvalue weighted by atomic mass is 16.1. The number of carbonyl (C=O) groups excluding carboxylic acids is 1. The van der Waals surface area contributed by atoms with Gasteiger partial charge >= 0.3 is 0 Å². The van der Waals surface area contributed by atoms with Crippen molar-refractivity contribution in [1.29, 1.82) is 0 Å². The molecule has 3 aromatic rings. The Morgan fingerprint density at radius 3 is 3.00 bits per heavy atom. The highest BCUT2D eigenvalue weighted by molar-refractivity contribution is 6.00. The van der Waals surface area contributed by atoms with Crippen LogP contribution in [0.5, 0.6) is 0 Å². The molecule has 0 radical (unpaired) electrons. The molecule has 1 aromatic carbocycles. The van der Waals surface area contributed by atoms with E-state index in [0.29, 0.717) is 17.2 Å². The van der Waals surface area contributed by atoms with Gasteiger partial charge in [-0.3, -0.25) is 9.89 Å². The van der Waals surface area contributed by atoms with E-state index in [4.69, 9.17) is 5.73 Å². The molecule has 0 saturated heterocycles. The molecule has 3 N–H and O–H groups in total. The monoisotopic (exact) mass is 338 g/mol. The van der Waals surface area contributed by atoms with Crippen LogP contribution in [0.25, 0.3) is 10.9 Å². The van der Waals surface area contributed by atoms with E-state index in [0.717, 1.165) is 22.2 Å². The Balaban J connectivity index is 1.70. The molecule has 0 saturated carbocycles. The number of aromatic amines is 1. The van der Waals surface area contributed by atoms with Gasteiger partial charge in [0.2, 0.25) is 5.95 Å². The lowest BCUT2D eigenvalue weighted by atomic mass is 9.94. The minimum Gasteiger partial charge on any atom is -0.398 e. The number of ketones is 1. The second-order valence-electron chi connectivity index (χ2n) is 6.27. The summed E-state index contributed by atoms with van der Waals surface area (Å²) in [7, 11) is 1.85. The summed E-state index contributed by atoms with van der Waals surface area (Å²) in [5.74, 6) is 0.633. The van der Waals surface area contributed by atoms with E-state index in [1.807, 2.05) is 37.9 Å². The molecular weight excluding hydrogens is 320 g/mol. The van der Waals surface area contributed by atoms with Gasteiger partial charge in [-0.2, -0.15) is 5.10 Å². The summed E-state index contributed by atoms with van der Waals surface area (Å²) in [6.45, 7) is 3.83. The first kappa shape index (κ1) is 15.3. The van der Waals surface area contributed by atoms with Crippen molar-refractivity contribution in [3.63, 3.8) is 0 Å². The molecule has 1 unspecified atom stereocenters. The number of allylic oxidation sites excluding steroid dienone is 2. The quantitative estimate of drug-likeness (QED) is 0.689. The van der Waals surface area contributed by atoms with Crippen molar-refractivity contribution >= 4 is 28.3 Å². The van der Waals surface area contributed by atoms with Crippen molar-refractivity contribution in [1.82, 2.24) is 30.4 Å². The van der Waals surface area contributed by atoms with Gasteiger partial charge in [0.05, 0.1) is 17.8 Å². The van der Waals surface area contributed by atoms with Gasteiger partial charge in [-0.1, -0.05) is 5.10 Å². The Bertz CT molecular complexity index is 1010. The van der Waals surface area contributed by atoms with Crippen LogP contribution >= 0.6 is 0 Å². The van der Waals surface area contributed by atoms with E-state index in [1.165, 1.54) is 0 Å². The lowest BCUT2D eigenvalue weighted by molar-refractivity contribution is -0.115. The molecular formula is C16H18N8O. The number of carbonyl (C=O) groups is 1. The van der Waals surface area contributed by atoms with E-state index in [1.54, 1.807) is 10.9 Å². The van der Waals surface area contributed by atoms with Crippen LogP contribution in [0.4, 0.5) is 11.6 Å². The van der Waals surface area contributed by atoms with Crippen LogP contribution in [0.3, 0.4) is 0 Å². The first-order chi connectivity index (χ1) is 12.0. The highest BCUT2D eigenvalue weighted by Gasteiger charge is 2.32. The predicted octanol–water partition coefficient (Wildman–Crippen LogP) is 1.23. The third-order valence-corrected chi connectivity index (χ3v) is 4.80. The molecule has 128 valence electrons. The van der Waals surface area contributed by atoms with Gasteiger partial charge in [-0.25, -0.2) is 4.68 Å². The maximum Gasteiger partial charge on any atom is 0.250 e. The third kappa shape index (κ3) is 2.27. The number of rotatable bonds is 3. The molecule has 1 aliphatic heterocycles. The number of nitrogens with one attached hydrogen (secondary N) is 1. The summed E-state index contributed by atoms with van der Waals surface area (Å²) in [6, 6.07) is 3.48. The van der Waals surface area contributed by atoms with E-state index in [2.05, 4.69) is 25.7 Å². The Morgan fingerprint density at radius 2 is 2.20 bits per heavy atom. The summed E-state index contributed by atoms with van der Waals surface area (Å²) in [4.78, 5) is 14.9. The molecule has 2 aromatic heterocycles. The number of nitrogens with zero attached hydrogens (tertiary/aromatic N) is 6. The van der Waals surface area contributed by atoms with Gasteiger partial charge in [-0.15, -0.1) is 0 Å². The average molecular weight is 338 g/mol. The number of benzene rings is 1. The number of nitrogens with two attached hydrogens (primary N) is 1. The maximum atomic E-state index is 13.0. The minimum atomic E-state index is -0.229. The van der Waals surface area contributed by atoms with Crippen molar-refractivity contribution < 1.29 is 4.79 Å². The number of H-pyrrole nitrogens is 1. The second kappa shape index (κ2) is 5.40. The highest BCUT2D eigenvalue weighted by Crippen LogP contribution is 2.33. The van der Waals surface area contributed by atoms with Crippen LogP contribution in [-0.2, 0) is 11.2 Å². The lowest BCUT2D eigenvalue weighted by Crippen LogP contribution is -2.33. The number of fused-ring (bicyclic) bond motifs is 2. The van der Waals surface area contributed by atoms with E-state index in [9.17, 15) is 4.79 Å². The molecule has 3 heterocycles. The molecule has 9 nitrogen and oxygen atoms in total. The summed E-state index contributed by atoms with van der Waals surface area (Å²) in [5.41, 5.74) is 9.87. The van der Waals surface area contributed by atoms with E-state index < -0.39 is 0 Å². The Kier molecular flexibility index (Phi) is 3.31. The zero-order valence-electron chi connectivity index (χ0n) is 14.2. The fraction of sp³-hybridized carbons (Fsp3) is 0.312. The number of tetrazole rings is 1. The molecule has 4 rings (SSSR count). The number of hydrogen-bond donors (Lipinski definition) is 2. The summed E-state index contributed by atoms with van der Waals surface area (Å²) >= 11 is 0. The number of nitrogen functional groups attached to an aromatic ring is 1. The fourth-order valence-electron chi connectivity index (χ4n) is 3.33. The van der Waals surface area contributed by atoms with Crippen molar-refractivity contribution in [3.05, 3.63) is 35.2 Å². The molecule has 9 heteroatoms. The summed E-state index contributed by atoms with van der Waals surface area (Å²) < 4.78 is 1.66. The van der Waals surface area contributed by atoms with Crippen LogP contribution in [0, 0.1) is 0 Å². The van der Waals surface area contributed by atoms with Crippen LogP contribution in [0.1, 0.15) is 25.5 Å². The Morgan fingerprint density at radius 1 is 1.40 bits per heavy atom. The second-order valence-corrected chi connectivity index (χ2v) is 6.27. The number of aromatic nitrogens is 6. The first-order valence-corrected chi connectivity index (χ1v) is 7.94. The number of hydrogen-bond acceptors (Lipinski definition) is 7. The molecule has 1 atom stereocenters. The van der Waals surface area contributed by atoms with E-state index in [-0.39, 0.29) is 18.2 Å². The Hall–Kier alpha value is -3.23. The maximum absolute atomic E-state index is 13.0. The van der Waals surface area contributed by atoms with Gasteiger partial charge in [-0.05, 0) is 42.0 Å². The SMILES string of the molecule is CC1=C(C(=O)Cc2cc3cn[nH]c3cc2N)C(C)n2nnnc2N1C. The summed E-state index contributed by atoms with van der Waals surface area (Å²) in [5, 5.41) is 19.5. The van der Waals surface area contributed by atoms with Crippen molar-refractivity contribution in [2.75, 3.05) is 17.7 Å². The topological polar surface area (TPSA) is 119 Å². The fourth-order valence-corrected chi connectivity index (χ4v) is 3.33. The zero-order valence-corrected chi connectivity index (χ0v) is 14.2. The largest absolute Gasteiger partial charge is 0.398 e. The number of anilines is 2. The number of Topliss-reactive ketones (excluding diaryl/α,β-unsaturated/α-hetero) is 1. The Labute approximate surface area is 143 Å². The molecule has 0 fully saturated rings. The standard InChI is InChI=1S/C16H18N8O/c1-8-15(9(2)24-16(23(8)3)20-21-22-24)14(25)5-10-4-11-7-18-19-13(11)6-12(10)17/h4,6-7,9H,5,17H2,1-3H3,(H,18,19). The molecule has 0 aliphatic carbocycles. The van der Waals surface area contributed by atoms with Gasteiger partial charge in [0, 0.05) is 35.8 Å². The molecule has 0 bridgehead atoms. The van der Waals surface area contributed by atoms with Crippen LogP contribution in [0.2, 0.25) is 0 Å². The van der Waals surface area contributed by atoms with Gasteiger partial charge in [0.1, 0.15) is 0 Å². The summed E-state index contributed by atoms with van der Waals surface area (Å²) in [6.07, 6.45) is 1.94. The van der Waals surface area contributed by atoms with Crippen LogP contribution < -0.4 is 10.6 Å². The first-order valence-electron chi connectivity index (χ1n) is 7.94. The zero-order chi connectivity index (χ0) is 17.7. The molecule has 0 spiro atoms. The molecule has 1 aliphatic rings. The normalized spacial score (nSPS) is 17.2. The van der Waals surface area contributed by atoms with Gasteiger partial charge in [0.15, 0.2) is 5.78 Å². The van der Waals surface area contributed by atoms with Crippen LogP contribution in [-0.4, -0.2) is 43.2 Å². The van der Waals surface area contributed by atoms with Crippen molar-refractivity contribution in [3.8, 4) is 0 Å². The predicted molar refractivity (Wildman–Crippen MR) is 92.8 cm³/mol. The minimum absolute atomic E-state index is 0.00699. The van der Waals surface area contributed by atoms with Crippen molar-refractivity contribution in [2.24, 2.45) is 0 Å². The third-order valence-electron chi connectivity index (χ3n) is 4.80. The molecule has 0 amide bonds.